The van der Waals surface area contributed by atoms with Crippen molar-refractivity contribution in [1.82, 2.24) is 5.32 Å². The predicted octanol–water partition coefficient (Wildman–Crippen LogP) is 3.06. The molecule has 1 heterocycles. The van der Waals surface area contributed by atoms with Crippen molar-refractivity contribution in [1.29, 1.82) is 0 Å². The van der Waals surface area contributed by atoms with Crippen LogP contribution in [-0.2, 0) is 11.3 Å². The quantitative estimate of drug-likeness (QED) is 0.873. The second kappa shape index (κ2) is 6.33. The minimum Gasteiger partial charge on any atom is -0.384 e. The lowest BCUT2D eigenvalue weighted by atomic mass is 10.1. The van der Waals surface area contributed by atoms with Crippen molar-refractivity contribution < 1.29 is 4.74 Å². The van der Waals surface area contributed by atoms with Crippen LogP contribution in [0, 0.1) is 5.92 Å². The number of benzene rings is 1. The van der Waals surface area contributed by atoms with E-state index < -0.39 is 0 Å². The molecule has 0 bridgehead atoms. The minimum absolute atomic E-state index is 0.653. The highest BCUT2D eigenvalue weighted by Crippen LogP contribution is 2.30. The lowest BCUT2D eigenvalue weighted by Gasteiger charge is -2.22. The van der Waals surface area contributed by atoms with Gasteiger partial charge in [-0.2, -0.15) is 0 Å². The first kappa shape index (κ1) is 14.2. The Morgan fingerprint density at radius 3 is 2.95 bits per heavy atom. The summed E-state index contributed by atoms with van der Waals surface area (Å²) in [6.07, 6.45) is 3.84. The molecule has 0 amide bonds. The Morgan fingerprint density at radius 2 is 2.20 bits per heavy atom. The van der Waals surface area contributed by atoms with Crippen LogP contribution in [0.1, 0.15) is 24.8 Å². The monoisotopic (exact) mass is 294 g/mol. The van der Waals surface area contributed by atoms with Crippen LogP contribution in [0.3, 0.4) is 0 Å². The Labute approximate surface area is 126 Å². The Kier molecular flexibility index (Phi) is 4.49. The molecule has 1 aliphatic heterocycles. The summed E-state index contributed by atoms with van der Waals surface area (Å²) in [6.45, 7) is 3.99. The number of hydrogen-bond acceptors (Lipinski definition) is 3. The molecule has 2 fully saturated rings. The van der Waals surface area contributed by atoms with E-state index >= 15 is 0 Å². The van der Waals surface area contributed by atoms with Crippen LogP contribution in [-0.4, -0.2) is 32.8 Å². The van der Waals surface area contributed by atoms with Gasteiger partial charge in [-0.3, -0.25) is 0 Å². The summed E-state index contributed by atoms with van der Waals surface area (Å²) in [5.74, 6) is 0.653. The fraction of sp³-hybridized carbons (Fsp3) is 0.625. The van der Waals surface area contributed by atoms with E-state index in [1.165, 1.54) is 30.5 Å². The number of hydrogen-bond donors (Lipinski definition) is 1. The van der Waals surface area contributed by atoms with E-state index in [4.69, 9.17) is 16.3 Å². The van der Waals surface area contributed by atoms with E-state index in [9.17, 15) is 0 Å². The summed E-state index contributed by atoms with van der Waals surface area (Å²) in [7, 11) is 1.79. The van der Waals surface area contributed by atoms with Crippen molar-refractivity contribution in [3.8, 4) is 0 Å². The van der Waals surface area contributed by atoms with Gasteiger partial charge in [0, 0.05) is 49.4 Å². The zero-order valence-electron chi connectivity index (χ0n) is 12.1. The summed E-state index contributed by atoms with van der Waals surface area (Å²) in [5.41, 5.74) is 2.66. The van der Waals surface area contributed by atoms with Crippen LogP contribution in [0.4, 0.5) is 5.69 Å². The molecule has 4 heteroatoms. The maximum absolute atomic E-state index is 6.17. The lowest BCUT2D eigenvalue weighted by molar-refractivity contribution is 0.161. The molecule has 0 radical (unpaired) electrons. The van der Waals surface area contributed by atoms with Gasteiger partial charge in [0.15, 0.2) is 0 Å². The highest BCUT2D eigenvalue weighted by atomic mass is 35.5. The molecule has 1 saturated carbocycles. The first-order chi connectivity index (χ1) is 9.76. The average Bonchev–Trinajstić information content (AvgIpc) is 3.16. The van der Waals surface area contributed by atoms with Gasteiger partial charge in [-0.05, 0) is 43.0 Å². The molecular formula is C16H23ClN2O. The molecule has 1 aromatic carbocycles. The zero-order chi connectivity index (χ0) is 13.9. The summed E-state index contributed by atoms with van der Waals surface area (Å²) >= 11 is 6.17. The third kappa shape index (κ3) is 3.46. The van der Waals surface area contributed by atoms with E-state index in [2.05, 4.69) is 22.3 Å². The van der Waals surface area contributed by atoms with Gasteiger partial charge in [-0.1, -0.05) is 11.6 Å². The van der Waals surface area contributed by atoms with Gasteiger partial charge >= 0.3 is 0 Å². The molecule has 1 saturated heterocycles. The summed E-state index contributed by atoms with van der Waals surface area (Å²) in [4.78, 5) is 2.48. The molecule has 3 rings (SSSR count). The number of nitrogens with one attached hydrogen (secondary N) is 1. The summed E-state index contributed by atoms with van der Waals surface area (Å²) in [6, 6.07) is 7.00. The summed E-state index contributed by atoms with van der Waals surface area (Å²) in [5, 5.41) is 4.42. The maximum atomic E-state index is 6.17. The van der Waals surface area contributed by atoms with Crippen LogP contribution < -0.4 is 10.2 Å². The third-order valence-corrected chi connectivity index (χ3v) is 4.46. The molecule has 0 aromatic heterocycles. The van der Waals surface area contributed by atoms with Crippen LogP contribution in [0.15, 0.2) is 18.2 Å². The predicted molar refractivity (Wildman–Crippen MR) is 83.5 cm³/mol. The van der Waals surface area contributed by atoms with Crippen molar-refractivity contribution in [3.63, 3.8) is 0 Å². The van der Waals surface area contributed by atoms with Crippen molar-refractivity contribution in [2.45, 2.75) is 31.8 Å². The van der Waals surface area contributed by atoms with Crippen molar-refractivity contribution in [3.05, 3.63) is 28.8 Å². The third-order valence-electron chi connectivity index (χ3n) is 4.23. The lowest BCUT2D eigenvalue weighted by Crippen LogP contribution is -2.24. The van der Waals surface area contributed by atoms with Gasteiger partial charge in [-0.25, -0.2) is 0 Å². The normalized spacial score (nSPS) is 22.5. The molecule has 3 nitrogen and oxygen atoms in total. The Balaban J connectivity index is 1.70. The second-order valence-electron chi connectivity index (χ2n) is 5.98. The first-order valence-electron chi connectivity index (χ1n) is 7.52. The molecule has 110 valence electrons. The number of nitrogens with zero attached hydrogens (tertiary/aromatic N) is 1. The standard InChI is InChI=1S/C16H23ClN2O/c1-20-11-12-6-7-19(10-12)16-5-2-14(17)8-13(16)9-18-15-3-4-15/h2,5,8,12,15,18H,3-4,6-7,9-11H2,1H3. The van der Waals surface area contributed by atoms with Gasteiger partial charge < -0.3 is 15.0 Å². The molecule has 1 unspecified atom stereocenters. The van der Waals surface area contributed by atoms with Crippen LogP contribution >= 0.6 is 11.6 Å². The molecule has 2 aliphatic rings. The largest absolute Gasteiger partial charge is 0.384 e. The molecule has 1 N–H and O–H groups in total. The van der Waals surface area contributed by atoms with Gasteiger partial charge in [0.2, 0.25) is 0 Å². The smallest absolute Gasteiger partial charge is 0.0508 e. The van der Waals surface area contributed by atoms with Crippen molar-refractivity contribution in [2.75, 3.05) is 31.7 Å². The van der Waals surface area contributed by atoms with Crippen LogP contribution in [0.25, 0.3) is 0 Å². The SMILES string of the molecule is COCC1CCN(c2ccc(Cl)cc2CNC2CC2)C1. The Bertz CT molecular complexity index is 462. The summed E-state index contributed by atoms with van der Waals surface area (Å²) < 4.78 is 5.29. The van der Waals surface area contributed by atoms with Crippen molar-refractivity contribution in [2.24, 2.45) is 5.92 Å². The number of ether oxygens (including phenoxy) is 1. The maximum Gasteiger partial charge on any atom is 0.0508 e. The number of halogens is 1. The topological polar surface area (TPSA) is 24.5 Å². The Hall–Kier alpha value is -0.770. The van der Waals surface area contributed by atoms with E-state index in [0.717, 1.165) is 37.3 Å². The fourth-order valence-corrected chi connectivity index (χ4v) is 3.16. The second-order valence-corrected chi connectivity index (χ2v) is 6.42. The van der Waals surface area contributed by atoms with E-state index in [1.807, 2.05) is 6.07 Å². The number of methoxy groups -OCH3 is 1. The average molecular weight is 295 g/mol. The minimum atomic E-state index is 0.653. The number of anilines is 1. The van der Waals surface area contributed by atoms with Gasteiger partial charge in [-0.15, -0.1) is 0 Å². The van der Waals surface area contributed by atoms with Gasteiger partial charge in [0.25, 0.3) is 0 Å². The molecule has 1 aliphatic carbocycles. The van der Waals surface area contributed by atoms with E-state index in [-0.39, 0.29) is 0 Å². The molecule has 20 heavy (non-hydrogen) atoms. The first-order valence-corrected chi connectivity index (χ1v) is 7.89. The van der Waals surface area contributed by atoms with E-state index in [1.54, 1.807) is 7.11 Å². The molecular weight excluding hydrogens is 272 g/mol. The molecule has 1 aromatic rings. The molecule has 1 atom stereocenters. The highest BCUT2D eigenvalue weighted by Gasteiger charge is 2.25. The zero-order valence-corrected chi connectivity index (χ0v) is 12.8. The van der Waals surface area contributed by atoms with Gasteiger partial charge in [0.05, 0.1) is 6.61 Å². The fourth-order valence-electron chi connectivity index (χ4n) is 2.97. The number of rotatable bonds is 6. The van der Waals surface area contributed by atoms with Crippen LogP contribution in [0.2, 0.25) is 5.02 Å². The molecule has 0 spiro atoms. The highest BCUT2D eigenvalue weighted by molar-refractivity contribution is 6.30. The Morgan fingerprint density at radius 1 is 1.35 bits per heavy atom. The van der Waals surface area contributed by atoms with E-state index in [0.29, 0.717) is 5.92 Å². The van der Waals surface area contributed by atoms with Gasteiger partial charge in [0.1, 0.15) is 0 Å². The van der Waals surface area contributed by atoms with Crippen molar-refractivity contribution >= 4 is 17.3 Å². The van der Waals surface area contributed by atoms with Crippen LogP contribution in [0.5, 0.6) is 0 Å².